The lowest BCUT2D eigenvalue weighted by Crippen LogP contribution is -2.52. The SMILES string of the molecule is C=CCOC(=O)[C@H](CC(C)C)NC(=O)[C@@H]1CCCN1C(=O)CC(C)N(CC=C)C(=O)OC(C)(C)C. The van der Waals surface area contributed by atoms with Crippen LogP contribution >= 0.6 is 0 Å². The van der Waals surface area contributed by atoms with Crippen molar-refractivity contribution in [3.8, 4) is 0 Å². The topological polar surface area (TPSA) is 105 Å². The standard InChI is InChI=1S/C26H43N3O6/c1-9-13-28(25(33)35-26(6,7)8)19(5)17-22(30)29-14-11-12-21(29)23(31)27-20(16-18(3)4)24(32)34-15-10-2/h9-10,18-21H,1-2,11-17H2,3-8H3,(H,27,31)/t19?,20-,21-/m0/s1. The molecule has 3 atom stereocenters. The van der Waals surface area contributed by atoms with Crippen LogP contribution in [-0.2, 0) is 23.9 Å². The minimum atomic E-state index is -0.797. The number of nitrogens with one attached hydrogen (secondary N) is 1. The highest BCUT2D eigenvalue weighted by molar-refractivity contribution is 5.91. The van der Waals surface area contributed by atoms with Crippen LogP contribution in [-0.4, -0.2) is 77.1 Å². The lowest BCUT2D eigenvalue weighted by atomic mass is 10.0. The third-order valence-electron chi connectivity index (χ3n) is 5.48. The third-order valence-corrected chi connectivity index (χ3v) is 5.48. The van der Waals surface area contributed by atoms with Crippen molar-refractivity contribution in [1.82, 2.24) is 15.1 Å². The number of rotatable bonds is 12. The number of esters is 1. The zero-order valence-electron chi connectivity index (χ0n) is 22.2. The molecule has 9 nitrogen and oxygen atoms in total. The number of amides is 3. The molecule has 0 spiro atoms. The molecule has 1 aliphatic rings. The van der Waals surface area contributed by atoms with Crippen LogP contribution in [0.15, 0.2) is 25.3 Å². The Labute approximate surface area is 209 Å². The summed E-state index contributed by atoms with van der Waals surface area (Å²) in [6.45, 7) is 19.0. The summed E-state index contributed by atoms with van der Waals surface area (Å²) in [6, 6.07) is -1.93. The van der Waals surface area contributed by atoms with Gasteiger partial charge >= 0.3 is 12.1 Å². The highest BCUT2D eigenvalue weighted by atomic mass is 16.6. The van der Waals surface area contributed by atoms with E-state index in [1.54, 1.807) is 33.8 Å². The molecule has 0 aromatic rings. The van der Waals surface area contributed by atoms with E-state index in [2.05, 4.69) is 18.5 Å². The first-order valence-corrected chi connectivity index (χ1v) is 12.3. The lowest BCUT2D eigenvalue weighted by Gasteiger charge is -2.32. The van der Waals surface area contributed by atoms with Crippen molar-refractivity contribution in [2.24, 2.45) is 5.92 Å². The number of nitrogens with zero attached hydrogens (tertiary/aromatic N) is 2. The summed E-state index contributed by atoms with van der Waals surface area (Å²) in [7, 11) is 0. The van der Waals surface area contributed by atoms with Crippen molar-refractivity contribution in [3.63, 3.8) is 0 Å². The maximum absolute atomic E-state index is 13.2. The maximum Gasteiger partial charge on any atom is 0.410 e. The zero-order chi connectivity index (χ0) is 26.8. The normalized spacial score (nSPS) is 17.3. The average Bonchev–Trinajstić information content (AvgIpc) is 3.23. The van der Waals surface area contributed by atoms with Gasteiger partial charge in [0, 0.05) is 25.6 Å². The summed E-state index contributed by atoms with van der Waals surface area (Å²) >= 11 is 0. The van der Waals surface area contributed by atoms with E-state index in [1.807, 2.05) is 13.8 Å². The molecule has 9 heteroatoms. The molecule has 1 saturated heterocycles. The number of hydrogen-bond acceptors (Lipinski definition) is 6. The Balaban J connectivity index is 2.88. The van der Waals surface area contributed by atoms with Gasteiger partial charge in [0.05, 0.1) is 0 Å². The second-order valence-electron chi connectivity index (χ2n) is 10.3. The van der Waals surface area contributed by atoms with Crippen molar-refractivity contribution >= 4 is 23.9 Å². The van der Waals surface area contributed by atoms with E-state index in [0.29, 0.717) is 25.8 Å². The monoisotopic (exact) mass is 493 g/mol. The number of ether oxygens (including phenoxy) is 2. The van der Waals surface area contributed by atoms with Gasteiger partial charge in [-0.15, -0.1) is 6.58 Å². The molecule has 1 heterocycles. The van der Waals surface area contributed by atoms with Crippen LogP contribution in [0.4, 0.5) is 4.79 Å². The smallest absolute Gasteiger partial charge is 0.410 e. The van der Waals surface area contributed by atoms with Gasteiger partial charge in [0.25, 0.3) is 0 Å². The molecule has 0 radical (unpaired) electrons. The van der Waals surface area contributed by atoms with Crippen molar-refractivity contribution in [1.29, 1.82) is 0 Å². The van der Waals surface area contributed by atoms with Crippen LogP contribution in [0, 0.1) is 5.92 Å². The maximum atomic E-state index is 13.2. The molecule has 0 aromatic carbocycles. The van der Waals surface area contributed by atoms with Crippen LogP contribution in [0.5, 0.6) is 0 Å². The molecule has 198 valence electrons. The van der Waals surface area contributed by atoms with E-state index in [-0.39, 0.29) is 37.3 Å². The minimum Gasteiger partial charge on any atom is -0.460 e. The van der Waals surface area contributed by atoms with Crippen LogP contribution in [0.25, 0.3) is 0 Å². The fraction of sp³-hybridized carbons (Fsp3) is 0.692. The van der Waals surface area contributed by atoms with Gasteiger partial charge in [-0.2, -0.15) is 0 Å². The van der Waals surface area contributed by atoms with Crippen molar-refractivity contribution in [3.05, 3.63) is 25.3 Å². The predicted molar refractivity (Wildman–Crippen MR) is 134 cm³/mol. The van der Waals surface area contributed by atoms with Crippen LogP contribution in [0.3, 0.4) is 0 Å². The van der Waals surface area contributed by atoms with Crippen molar-refractivity contribution < 1.29 is 28.7 Å². The Morgan fingerprint density at radius 1 is 1.14 bits per heavy atom. The molecule has 1 unspecified atom stereocenters. The Morgan fingerprint density at radius 3 is 2.34 bits per heavy atom. The van der Waals surface area contributed by atoms with Crippen molar-refractivity contribution in [2.45, 2.75) is 91.0 Å². The van der Waals surface area contributed by atoms with Gasteiger partial charge in [-0.1, -0.05) is 32.6 Å². The summed E-state index contributed by atoms with van der Waals surface area (Å²) in [6.07, 6.45) is 4.16. The summed E-state index contributed by atoms with van der Waals surface area (Å²) in [5.74, 6) is -0.974. The first-order chi connectivity index (χ1) is 16.3. The van der Waals surface area contributed by atoms with Gasteiger partial charge in [-0.05, 0) is 52.9 Å². The average molecular weight is 494 g/mol. The molecule has 1 aliphatic heterocycles. The van der Waals surface area contributed by atoms with Gasteiger partial charge in [-0.3, -0.25) is 9.59 Å². The molecular weight excluding hydrogens is 450 g/mol. The van der Waals surface area contributed by atoms with Crippen molar-refractivity contribution in [2.75, 3.05) is 19.7 Å². The summed E-state index contributed by atoms with van der Waals surface area (Å²) < 4.78 is 10.6. The molecule has 0 aromatic heterocycles. The second-order valence-corrected chi connectivity index (χ2v) is 10.3. The lowest BCUT2D eigenvalue weighted by molar-refractivity contribution is -0.148. The molecule has 1 fully saturated rings. The zero-order valence-corrected chi connectivity index (χ0v) is 22.2. The Hall–Kier alpha value is -2.84. The second kappa shape index (κ2) is 13.9. The van der Waals surface area contributed by atoms with E-state index in [1.165, 1.54) is 15.9 Å². The summed E-state index contributed by atoms with van der Waals surface area (Å²) in [5, 5.41) is 2.78. The van der Waals surface area contributed by atoms with E-state index >= 15 is 0 Å². The number of likely N-dealkylation sites (tertiary alicyclic amines) is 1. The number of hydrogen-bond donors (Lipinski definition) is 1. The van der Waals surface area contributed by atoms with Crippen LogP contribution < -0.4 is 5.32 Å². The third kappa shape index (κ3) is 10.1. The summed E-state index contributed by atoms with van der Waals surface area (Å²) in [5.41, 5.74) is -0.669. The molecule has 3 amide bonds. The molecule has 0 bridgehead atoms. The quantitative estimate of drug-likeness (QED) is 0.330. The first kappa shape index (κ1) is 30.2. The van der Waals surface area contributed by atoms with E-state index < -0.39 is 35.8 Å². The van der Waals surface area contributed by atoms with Gasteiger partial charge in [0.1, 0.15) is 24.3 Å². The van der Waals surface area contributed by atoms with E-state index in [9.17, 15) is 19.2 Å². The molecule has 1 rings (SSSR count). The highest BCUT2D eigenvalue weighted by Gasteiger charge is 2.37. The minimum absolute atomic E-state index is 0.0354. The Morgan fingerprint density at radius 2 is 1.80 bits per heavy atom. The van der Waals surface area contributed by atoms with Gasteiger partial charge in [0.2, 0.25) is 11.8 Å². The molecule has 35 heavy (non-hydrogen) atoms. The molecule has 0 aliphatic carbocycles. The first-order valence-electron chi connectivity index (χ1n) is 12.3. The predicted octanol–water partition coefficient (Wildman–Crippen LogP) is 3.44. The van der Waals surface area contributed by atoms with Crippen LogP contribution in [0.2, 0.25) is 0 Å². The largest absolute Gasteiger partial charge is 0.460 e. The Kier molecular flexibility index (Phi) is 12.0. The van der Waals surface area contributed by atoms with Gasteiger partial charge < -0.3 is 24.6 Å². The molecule has 1 N–H and O–H groups in total. The fourth-order valence-corrected chi connectivity index (χ4v) is 3.91. The van der Waals surface area contributed by atoms with Gasteiger partial charge in [0.15, 0.2) is 0 Å². The van der Waals surface area contributed by atoms with Crippen LogP contribution in [0.1, 0.15) is 67.2 Å². The summed E-state index contributed by atoms with van der Waals surface area (Å²) in [4.78, 5) is 54.3. The number of carbonyl (C=O) groups excluding carboxylic acids is 4. The Bertz CT molecular complexity index is 774. The van der Waals surface area contributed by atoms with E-state index in [4.69, 9.17) is 9.47 Å². The molecular formula is C26H43N3O6. The fourth-order valence-electron chi connectivity index (χ4n) is 3.91. The highest BCUT2D eigenvalue weighted by Crippen LogP contribution is 2.21. The molecule has 0 saturated carbocycles. The number of carbonyl (C=O) groups is 4. The van der Waals surface area contributed by atoms with E-state index in [0.717, 1.165) is 0 Å². The van der Waals surface area contributed by atoms with Gasteiger partial charge in [-0.25, -0.2) is 9.59 Å².